The van der Waals surface area contributed by atoms with Gasteiger partial charge in [0.1, 0.15) is 0 Å². The topological polar surface area (TPSA) is 0 Å². The zero-order valence-corrected chi connectivity index (χ0v) is 11.9. The maximum atomic E-state index is 3.85. The SMILES string of the molecule is C=C[SiH]1CCCCC1.Cc1ccc(C)cc1. The van der Waals surface area contributed by atoms with E-state index in [-0.39, 0.29) is 8.80 Å². The van der Waals surface area contributed by atoms with Crippen LogP contribution in [0.25, 0.3) is 0 Å². The molecule has 1 aromatic rings. The van der Waals surface area contributed by atoms with Gasteiger partial charge in [-0.05, 0) is 13.8 Å². The summed E-state index contributed by atoms with van der Waals surface area (Å²) in [6, 6.07) is 11.5. The Bertz CT molecular complexity index is 273. The quantitative estimate of drug-likeness (QED) is 0.629. The molecular formula is C15H24Si. The van der Waals surface area contributed by atoms with Crippen LogP contribution in [0.3, 0.4) is 0 Å². The summed E-state index contributed by atoms with van der Waals surface area (Å²) < 4.78 is 0. The van der Waals surface area contributed by atoms with Crippen LogP contribution < -0.4 is 0 Å². The molecule has 0 radical (unpaired) electrons. The molecule has 0 saturated carbocycles. The normalized spacial score (nSPS) is 16.1. The minimum Gasteiger partial charge on any atom is -0.107 e. The summed E-state index contributed by atoms with van der Waals surface area (Å²) in [6.07, 6.45) is 4.46. The molecule has 1 aliphatic heterocycles. The molecule has 0 atom stereocenters. The molecule has 0 aromatic heterocycles. The van der Waals surface area contributed by atoms with Crippen LogP contribution in [0.2, 0.25) is 12.1 Å². The fourth-order valence-corrected chi connectivity index (χ4v) is 4.39. The monoisotopic (exact) mass is 232 g/mol. The van der Waals surface area contributed by atoms with Crippen molar-refractivity contribution < 1.29 is 0 Å². The Morgan fingerprint density at radius 3 is 1.69 bits per heavy atom. The van der Waals surface area contributed by atoms with E-state index in [4.69, 9.17) is 0 Å². The summed E-state index contributed by atoms with van der Waals surface area (Å²) in [6.45, 7) is 8.04. The molecule has 0 N–H and O–H groups in total. The first kappa shape index (κ1) is 13.2. The lowest BCUT2D eigenvalue weighted by molar-refractivity contribution is 0.727. The summed E-state index contributed by atoms with van der Waals surface area (Å²) in [7, 11) is -0.341. The highest BCUT2D eigenvalue weighted by Gasteiger charge is 2.09. The highest BCUT2D eigenvalue weighted by Crippen LogP contribution is 2.18. The van der Waals surface area contributed by atoms with Crippen LogP contribution >= 0.6 is 0 Å². The van der Waals surface area contributed by atoms with Crippen LogP contribution in [-0.4, -0.2) is 8.80 Å². The Balaban J connectivity index is 0.000000160. The van der Waals surface area contributed by atoms with Crippen molar-refractivity contribution in [3.8, 4) is 0 Å². The molecule has 16 heavy (non-hydrogen) atoms. The fourth-order valence-electron chi connectivity index (χ4n) is 2.01. The Labute approximate surface area is 102 Å². The largest absolute Gasteiger partial charge is 0.107 e. The van der Waals surface area contributed by atoms with E-state index in [1.54, 1.807) is 0 Å². The zero-order chi connectivity index (χ0) is 11.8. The third-order valence-electron chi connectivity index (χ3n) is 3.20. The summed E-state index contributed by atoms with van der Waals surface area (Å²) in [5, 5.41) is 0. The Hall–Kier alpha value is -0.823. The Kier molecular flexibility index (Phi) is 6.17. The van der Waals surface area contributed by atoms with Crippen LogP contribution in [0.1, 0.15) is 30.4 Å². The maximum Gasteiger partial charge on any atom is 0.0607 e. The molecule has 0 amide bonds. The van der Waals surface area contributed by atoms with Gasteiger partial charge in [0.2, 0.25) is 0 Å². The van der Waals surface area contributed by atoms with Crippen molar-refractivity contribution in [2.45, 2.75) is 45.2 Å². The lowest BCUT2D eigenvalue weighted by atomic mass is 10.2. The van der Waals surface area contributed by atoms with E-state index >= 15 is 0 Å². The summed E-state index contributed by atoms with van der Waals surface area (Å²) in [4.78, 5) is 0. The van der Waals surface area contributed by atoms with Gasteiger partial charge >= 0.3 is 0 Å². The molecule has 0 bridgehead atoms. The Morgan fingerprint density at radius 1 is 0.938 bits per heavy atom. The van der Waals surface area contributed by atoms with E-state index in [2.05, 4.69) is 50.4 Å². The summed E-state index contributed by atoms with van der Waals surface area (Å²) >= 11 is 0. The number of hydrogen-bond donors (Lipinski definition) is 0. The standard InChI is InChI=1S/C8H10.C7H14Si/c1-7-3-5-8(2)6-4-7;1-2-8-6-4-3-5-7-8/h3-6H,1-2H3;2,8H,1,3-7H2. The van der Waals surface area contributed by atoms with Gasteiger partial charge in [-0.25, -0.2) is 0 Å². The second-order valence-electron chi connectivity index (χ2n) is 4.79. The summed E-state index contributed by atoms with van der Waals surface area (Å²) in [5.41, 5.74) is 4.91. The predicted octanol–water partition coefficient (Wildman–Crippen LogP) is 4.43. The van der Waals surface area contributed by atoms with E-state index in [0.29, 0.717) is 0 Å². The zero-order valence-electron chi connectivity index (χ0n) is 10.7. The first-order chi connectivity index (χ1) is 7.72. The van der Waals surface area contributed by atoms with Gasteiger partial charge in [0, 0.05) is 0 Å². The minimum absolute atomic E-state index is 0.341. The van der Waals surface area contributed by atoms with Gasteiger partial charge in [-0.2, -0.15) is 0 Å². The third kappa shape index (κ3) is 5.31. The van der Waals surface area contributed by atoms with Crippen molar-refractivity contribution in [2.24, 2.45) is 0 Å². The van der Waals surface area contributed by atoms with Crippen LogP contribution in [-0.2, 0) is 0 Å². The molecule has 1 saturated heterocycles. The van der Waals surface area contributed by atoms with Crippen molar-refractivity contribution >= 4 is 8.80 Å². The van der Waals surface area contributed by atoms with E-state index in [1.807, 2.05) is 0 Å². The number of rotatable bonds is 1. The Morgan fingerprint density at radius 2 is 1.38 bits per heavy atom. The first-order valence-corrected chi connectivity index (χ1v) is 8.68. The molecule has 1 heteroatoms. The van der Waals surface area contributed by atoms with Crippen LogP contribution in [0.5, 0.6) is 0 Å². The lowest BCUT2D eigenvalue weighted by Gasteiger charge is -2.15. The molecule has 88 valence electrons. The van der Waals surface area contributed by atoms with E-state index in [0.717, 1.165) is 0 Å². The van der Waals surface area contributed by atoms with Gasteiger partial charge in [0.15, 0.2) is 0 Å². The molecular weight excluding hydrogens is 208 g/mol. The minimum atomic E-state index is -0.341. The van der Waals surface area contributed by atoms with Crippen molar-refractivity contribution in [1.82, 2.24) is 0 Å². The highest BCUT2D eigenvalue weighted by atomic mass is 28.3. The van der Waals surface area contributed by atoms with Gasteiger partial charge in [0.05, 0.1) is 8.80 Å². The van der Waals surface area contributed by atoms with E-state index in [1.165, 1.54) is 42.5 Å². The van der Waals surface area contributed by atoms with Crippen molar-refractivity contribution in [3.05, 3.63) is 47.7 Å². The molecule has 0 nitrogen and oxygen atoms in total. The predicted molar refractivity (Wildman–Crippen MR) is 76.7 cm³/mol. The highest BCUT2D eigenvalue weighted by molar-refractivity contribution is 6.64. The lowest BCUT2D eigenvalue weighted by Crippen LogP contribution is -2.11. The van der Waals surface area contributed by atoms with Gasteiger partial charge in [-0.15, -0.1) is 12.3 Å². The third-order valence-corrected chi connectivity index (χ3v) is 6.17. The first-order valence-electron chi connectivity index (χ1n) is 6.38. The van der Waals surface area contributed by atoms with Crippen LogP contribution in [0, 0.1) is 13.8 Å². The maximum absolute atomic E-state index is 3.85. The molecule has 1 fully saturated rings. The van der Waals surface area contributed by atoms with Crippen molar-refractivity contribution in [2.75, 3.05) is 0 Å². The van der Waals surface area contributed by atoms with E-state index in [9.17, 15) is 0 Å². The van der Waals surface area contributed by atoms with Gasteiger partial charge in [-0.1, -0.05) is 66.7 Å². The molecule has 1 heterocycles. The number of benzene rings is 1. The van der Waals surface area contributed by atoms with Crippen molar-refractivity contribution in [3.63, 3.8) is 0 Å². The average molecular weight is 232 g/mol. The summed E-state index contributed by atoms with van der Waals surface area (Å²) in [5.74, 6) is 0. The fraction of sp³-hybridized carbons (Fsp3) is 0.467. The average Bonchev–Trinajstić information content (AvgIpc) is 2.35. The second kappa shape index (κ2) is 7.45. The van der Waals surface area contributed by atoms with Crippen LogP contribution in [0.15, 0.2) is 36.5 Å². The second-order valence-corrected chi connectivity index (χ2v) is 7.93. The smallest absolute Gasteiger partial charge is 0.0607 e. The molecule has 0 aliphatic carbocycles. The molecule has 1 aliphatic rings. The number of hydrogen-bond acceptors (Lipinski definition) is 0. The number of aryl methyl sites for hydroxylation is 2. The molecule has 0 spiro atoms. The van der Waals surface area contributed by atoms with Gasteiger partial charge < -0.3 is 0 Å². The van der Waals surface area contributed by atoms with Crippen molar-refractivity contribution in [1.29, 1.82) is 0 Å². The molecule has 1 aromatic carbocycles. The molecule has 0 unspecified atom stereocenters. The van der Waals surface area contributed by atoms with Gasteiger partial charge in [0.25, 0.3) is 0 Å². The van der Waals surface area contributed by atoms with Gasteiger partial charge in [-0.3, -0.25) is 0 Å². The van der Waals surface area contributed by atoms with E-state index < -0.39 is 0 Å². The molecule has 2 rings (SSSR count). The van der Waals surface area contributed by atoms with Crippen LogP contribution in [0.4, 0.5) is 0 Å².